The van der Waals surface area contributed by atoms with Crippen molar-refractivity contribution in [2.45, 2.75) is 32.4 Å². The molecule has 20 heavy (non-hydrogen) atoms. The van der Waals surface area contributed by atoms with Gasteiger partial charge in [0.2, 0.25) is 0 Å². The first-order valence-corrected chi connectivity index (χ1v) is 10.3. The van der Waals surface area contributed by atoms with Crippen molar-refractivity contribution in [3.8, 4) is 0 Å². The third kappa shape index (κ3) is 3.66. The molecule has 0 aromatic carbocycles. The van der Waals surface area contributed by atoms with E-state index in [4.69, 9.17) is 4.74 Å². The summed E-state index contributed by atoms with van der Waals surface area (Å²) in [5.41, 5.74) is 0.998. The van der Waals surface area contributed by atoms with Crippen LogP contribution in [0.2, 0.25) is 25.7 Å². The third-order valence-electron chi connectivity index (χ3n) is 3.04. The number of pyridine rings is 1. The first-order valence-electron chi connectivity index (χ1n) is 6.63. The maximum Gasteiger partial charge on any atom is 0.510 e. The molecule has 6 nitrogen and oxygen atoms in total. The Bertz CT molecular complexity index is 583. The van der Waals surface area contributed by atoms with Gasteiger partial charge in [-0.3, -0.25) is 4.98 Å². The molecule has 0 radical (unpaired) electrons. The summed E-state index contributed by atoms with van der Waals surface area (Å²) in [5, 5.41) is 23.5. The molecule has 0 unspecified atom stereocenters. The highest BCUT2D eigenvalue weighted by Gasteiger charge is 2.21. The summed E-state index contributed by atoms with van der Waals surface area (Å²) in [4.78, 5) is 3.99. The monoisotopic (exact) mass is 293 g/mol. The van der Waals surface area contributed by atoms with Crippen LogP contribution in [0.15, 0.2) is 18.5 Å². The maximum atomic E-state index is 9.33. The van der Waals surface area contributed by atoms with Crippen LogP contribution < -0.4 is 5.59 Å². The molecule has 2 aromatic heterocycles. The van der Waals surface area contributed by atoms with Crippen molar-refractivity contribution in [3.05, 3.63) is 18.5 Å². The lowest BCUT2D eigenvalue weighted by Crippen LogP contribution is -2.32. The molecule has 0 aliphatic heterocycles. The lowest BCUT2D eigenvalue weighted by Gasteiger charge is -2.15. The van der Waals surface area contributed by atoms with Gasteiger partial charge in [0.25, 0.3) is 0 Å². The minimum Gasteiger partial charge on any atom is -0.422 e. The number of aromatic nitrogens is 3. The number of hydrogen-bond donors (Lipinski definition) is 2. The fourth-order valence-electron chi connectivity index (χ4n) is 1.87. The fraction of sp³-hybridized carbons (Fsp3) is 0.500. The molecular weight excluding hydrogens is 273 g/mol. The SMILES string of the molecule is C[Si](C)(C)CCOCn1nc(B(O)O)c2cnccc21. The summed E-state index contributed by atoms with van der Waals surface area (Å²) in [6, 6.07) is 2.87. The molecular formula is C12H20BN3O3Si. The highest BCUT2D eigenvalue weighted by molar-refractivity contribution is 6.76. The van der Waals surface area contributed by atoms with Gasteiger partial charge < -0.3 is 14.8 Å². The van der Waals surface area contributed by atoms with Gasteiger partial charge in [-0.15, -0.1) is 0 Å². The summed E-state index contributed by atoms with van der Waals surface area (Å²) in [7, 11) is -2.71. The van der Waals surface area contributed by atoms with Gasteiger partial charge in [-0.05, 0) is 12.1 Å². The second-order valence-electron chi connectivity index (χ2n) is 6.00. The van der Waals surface area contributed by atoms with Gasteiger partial charge in [-0.25, -0.2) is 4.68 Å². The number of hydrogen-bond acceptors (Lipinski definition) is 5. The van der Waals surface area contributed by atoms with Crippen molar-refractivity contribution in [3.63, 3.8) is 0 Å². The molecule has 0 saturated heterocycles. The highest BCUT2D eigenvalue weighted by atomic mass is 28.3. The molecule has 0 aliphatic rings. The van der Waals surface area contributed by atoms with Crippen LogP contribution in [0.5, 0.6) is 0 Å². The van der Waals surface area contributed by atoms with E-state index in [1.54, 1.807) is 23.1 Å². The van der Waals surface area contributed by atoms with Crippen molar-refractivity contribution in [1.82, 2.24) is 14.8 Å². The van der Waals surface area contributed by atoms with Crippen LogP contribution in [0.1, 0.15) is 0 Å². The van der Waals surface area contributed by atoms with Crippen molar-refractivity contribution in [1.29, 1.82) is 0 Å². The van der Waals surface area contributed by atoms with Gasteiger partial charge in [0.1, 0.15) is 12.3 Å². The van der Waals surface area contributed by atoms with Crippen molar-refractivity contribution in [2.75, 3.05) is 6.61 Å². The summed E-state index contributed by atoms with van der Waals surface area (Å²) in [5.74, 6) is 0. The van der Waals surface area contributed by atoms with E-state index in [1.807, 2.05) is 0 Å². The highest BCUT2D eigenvalue weighted by Crippen LogP contribution is 2.11. The van der Waals surface area contributed by atoms with Gasteiger partial charge in [0, 0.05) is 32.5 Å². The van der Waals surface area contributed by atoms with Crippen LogP contribution in [0.3, 0.4) is 0 Å². The van der Waals surface area contributed by atoms with E-state index in [9.17, 15) is 10.0 Å². The lowest BCUT2D eigenvalue weighted by atomic mass is 9.84. The summed E-state index contributed by atoms with van der Waals surface area (Å²) in [6.07, 6.45) is 3.23. The summed E-state index contributed by atoms with van der Waals surface area (Å²) < 4.78 is 7.28. The fourth-order valence-corrected chi connectivity index (χ4v) is 2.62. The van der Waals surface area contributed by atoms with E-state index >= 15 is 0 Å². The molecule has 0 spiro atoms. The Morgan fingerprint density at radius 2 is 2.10 bits per heavy atom. The van der Waals surface area contributed by atoms with E-state index in [0.717, 1.165) is 11.6 Å². The smallest absolute Gasteiger partial charge is 0.422 e. The number of nitrogens with zero attached hydrogens (tertiary/aromatic N) is 3. The molecule has 108 valence electrons. The van der Waals surface area contributed by atoms with Gasteiger partial charge in [0.15, 0.2) is 0 Å². The molecule has 0 aliphatic carbocycles. The van der Waals surface area contributed by atoms with Crippen molar-refractivity contribution >= 4 is 31.7 Å². The molecule has 8 heteroatoms. The molecule has 0 fully saturated rings. The Hall–Kier alpha value is -1.22. The second-order valence-corrected chi connectivity index (χ2v) is 11.6. The largest absolute Gasteiger partial charge is 0.510 e. The quantitative estimate of drug-likeness (QED) is 0.596. The molecule has 0 bridgehead atoms. The molecule has 2 rings (SSSR count). The Morgan fingerprint density at radius 3 is 2.75 bits per heavy atom. The van der Waals surface area contributed by atoms with Crippen molar-refractivity contribution < 1.29 is 14.8 Å². The minimum absolute atomic E-state index is 0.210. The van der Waals surface area contributed by atoms with Gasteiger partial charge in [-0.1, -0.05) is 19.6 Å². The average Bonchev–Trinajstić information content (AvgIpc) is 2.73. The molecule has 0 amide bonds. The van der Waals surface area contributed by atoms with Crippen LogP contribution in [0, 0.1) is 0 Å². The zero-order valence-electron chi connectivity index (χ0n) is 12.1. The normalized spacial score (nSPS) is 12.1. The predicted molar refractivity (Wildman–Crippen MR) is 81.5 cm³/mol. The second kappa shape index (κ2) is 6.05. The van der Waals surface area contributed by atoms with E-state index in [-0.39, 0.29) is 5.59 Å². The molecule has 2 N–H and O–H groups in total. The van der Waals surface area contributed by atoms with Crippen LogP contribution in [0.4, 0.5) is 0 Å². The summed E-state index contributed by atoms with van der Waals surface area (Å²) in [6.45, 7) is 7.89. The van der Waals surface area contributed by atoms with E-state index in [1.165, 1.54) is 0 Å². The van der Waals surface area contributed by atoms with Gasteiger partial charge >= 0.3 is 7.12 Å². The standard InChI is InChI=1S/C12H20BN3O3Si/c1-20(2,3)7-6-19-9-16-11-4-5-14-8-10(11)12(15-16)13(17)18/h4-5,8,17-18H,6-7,9H2,1-3H3. The van der Waals surface area contributed by atoms with E-state index in [0.29, 0.717) is 18.7 Å². The summed E-state index contributed by atoms with van der Waals surface area (Å²) >= 11 is 0. The maximum absolute atomic E-state index is 9.33. The zero-order chi connectivity index (χ0) is 14.8. The molecule has 2 aromatic rings. The van der Waals surface area contributed by atoms with Crippen LogP contribution >= 0.6 is 0 Å². The van der Waals surface area contributed by atoms with E-state index in [2.05, 4.69) is 29.7 Å². The van der Waals surface area contributed by atoms with Crippen LogP contribution in [-0.4, -0.2) is 46.6 Å². The van der Waals surface area contributed by atoms with Crippen LogP contribution in [0.25, 0.3) is 10.9 Å². The lowest BCUT2D eigenvalue weighted by molar-refractivity contribution is 0.0819. The number of rotatable bonds is 6. The Labute approximate surface area is 119 Å². The predicted octanol–water partition coefficient (Wildman–Crippen LogP) is 0.423. The number of fused-ring (bicyclic) bond motifs is 1. The first kappa shape index (κ1) is 15.2. The Morgan fingerprint density at radius 1 is 1.35 bits per heavy atom. The molecule has 0 saturated carbocycles. The Kier molecular flexibility index (Phi) is 4.59. The number of ether oxygens (including phenoxy) is 1. The first-order chi connectivity index (χ1) is 9.38. The van der Waals surface area contributed by atoms with Crippen LogP contribution in [-0.2, 0) is 11.5 Å². The topological polar surface area (TPSA) is 80.4 Å². The van der Waals surface area contributed by atoms with Crippen molar-refractivity contribution in [2.24, 2.45) is 0 Å². The average molecular weight is 293 g/mol. The van der Waals surface area contributed by atoms with E-state index < -0.39 is 15.2 Å². The molecule has 2 heterocycles. The van der Waals surface area contributed by atoms with Gasteiger partial charge in [-0.2, -0.15) is 5.10 Å². The Balaban J connectivity index is 2.10. The molecule has 0 atom stereocenters. The van der Waals surface area contributed by atoms with Gasteiger partial charge in [0.05, 0.1) is 5.52 Å². The minimum atomic E-state index is -1.61. The zero-order valence-corrected chi connectivity index (χ0v) is 13.1. The third-order valence-corrected chi connectivity index (χ3v) is 4.74.